The molecule has 2 N–H and O–H groups in total. The second-order valence-corrected chi connectivity index (χ2v) is 4.90. The molecule has 1 rings (SSSR count). The van der Waals surface area contributed by atoms with Crippen LogP contribution in [-0.2, 0) is 22.6 Å². The van der Waals surface area contributed by atoms with Gasteiger partial charge in [0, 0.05) is 26.7 Å². The van der Waals surface area contributed by atoms with Crippen molar-refractivity contribution in [1.82, 2.24) is 4.90 Å². The van der Waals surface area contributed by atoms with Gasteiger partial charge in [0.05, 0.1) is 12.5 Å². The molecule has 1 aromatic carbocycles. The lowest BCUT2D eigenvalue weighted by molar-refractivity contribution is -0.134. The van der Waals surface area contributed by atoms with Gasteiger partial charge < -0.3 is 15.4 Å². The Morgan fingerprint density at radius 2 is 1.95 bits per heavy atom. The fourth-order valence-electron chi connectivity index (χ4n) is 2.36. The molecule has 1 amide bonds. The predicted octanol–water partition coefficient (Wildman–Crippen LogP) is 1.82. The number of ether oxygens (including phenoxy) is 1. The second-order valence-electron chi connectivity index (χ2n) is 4.90. The molecule has 0 spiro atoms. The van der Waals surface area contributed by atoms with Crippen molar-refractivity contribution in [2.24, 2.45) is 11.7 Å². The quantitative estimate of drug-likeness (QED) is 0.789. The third-order valence-corrected chi connectivity index (χ3v) is 3.49. The van der Waals surface area contributed by atoms with Gasteiger partial charge in [-0.05, 0) is 31.4 Å². The standard InChI is InChI=1S/C16H26N2O2/c1-4-18(5-2)16(19)15(11-17)10-13-7-6-8-14(9-13)12-20-3/h6-9,15H,4-5,10-12,17H2,1-3H3. The molecule has 20 heavy (non-hydrogen) atoms. The van der Waals surface area contributed by atoms with Gasteiger partial charge in [0.25, 0.3) is 0 Å². The van der Waals surface area contributed by atoms with Crippen LogP contribution in [0.25, 0.3) is 0 Å². The minimum absolute atomic E-state index is 0.146. The molecule has 0 radical (unpaired) electrons. The first-order valence-corrected chi connectivity index (χ1v) is 7.21. The summed E-state index contributed by atoms with van der Waals surface area (Å²) in [5.41, 5.74) is 8.05. The van der Waals surface area contributed by atoms with Gasteiger partial charge in [-0.25, -0.2) is 0 Å². The molecule has 4 heteroatoms. The number of benzene rings is 1. The van der Waals surface area contributed by atoms with Crippen molar-refractivity contribution in [1.29, 1.82) is 0 Å². The summed E-state index contributed by atoms with van der Waals surface area (Å²) < 4.78 is 5.13. The van der Waals surface area contributed by atoms with Crippen LogP contribution in [0.2, 0.25) is 0 Å². The number of nitrogens with zero attached hydrogens (tertiary/aromatic N) is 1. The molecule has 1 atom stereocenters. The van der Waals surface area contributed by atoms with Crippen LogP contribution in [0, 0.1) is 5.92 Å². The summed E-state index contributed by atoms with van der Waals surface area (Å²) in [6.45, 7) is 6.42. The van der Waals surface area contributed by atoms with E-state index in [2.05, 4.69) is 6.07 Å². The summed E-state index contributed by atoms with van der Waals surface area (Å²) in [6, 6.07) is 8.15. The maximum Gasteiger partial charge on any atom is 0.227 e. The van der Waals surface area contributed by atoms with E-state index >= 15 is 0 Å². The lowest BCUT2D eigenvalue weighted by Gasteiger charge is -2.24. The van der Waals surface area contributed by atoms with E-state index in [0.29, 0.717) is 19.6 Å². The lowest BCUT2D eigenvalue weighted by atomic mass is 9.96. The Morgan fingerprint density at radius 1 is 1.30 bits per heavy atom. The van der Waals surface area contributed by atoms with Crippen LogP contribution in [0.1, 0.15) is 25.0 Å². The van der Waals surface area contributed by atoms with E-state index in [9.17, 15) is 4.79 Å². The van der Waals surface area contributed by atoms with Crippen LogP contribution in [0.15, 0.2) is 24.3 Å². The van der Waals surface area contributed by atoms with Crippen molar-refractivity contribution in [3.63, 3.8) is 0 Å². The number of nitrogens with two attached hydrogens (primary N) is 1. The van der Waals surface area contributed by atoms with E-state index in [0.717, 1.165) is 24.2 Å². The van der Waals surface area contributed by atoms with E-state index < -0.39 is 0 Å². The highest BCUT2D eigenvalue weighted by atomic mass is 16.5. The van der Waals surface area contributed by atoms with Gasteiger partial charge >= 0.3 is 0 Å². The van der Waals surface area contributed by atoms with Crippen LogP contribution in [-0.4, -0.2) is 37.6 Å². The Hall–Kier alpha value is -1.39. The molecular weight excluding hydrogens is 252 g/mol. The van der Waals surface area contributed by atoms with Crippen molar-refractivity contribution >= 4 is 5.91 Å². The molecule has 0 saturated carbocycles. The van der Waals surface area contributed by atoms with Crippen LogP contribution in [0.3, 0.4) is 0 Å². The Labute approximate surface area is 121 Å². The molecule has 0 fully saturated rings. The number of carbonyl (C=O) groups is 1. The number of carbonyl (C=O) groups excluding carboxylic acids is 1. The number of hydrogen-bond acceptors (Lipinski definition) is 3. The molecular formula is C16H26N2O2. The van der Waals surface area contributed by atoms with E-state index in [-0.39, 0.29) is 11.8 Å². The SMILES string of the molecule is CCN(CC)C(=O)C(CN)Cc1cccc(COC)c1. The highest BCUT2D eigenvalue weighted by Crippen LogP contribution is 2.13. The zero-order chi connectivity index (χ0) is 15.0. The topological polar surface area (TPSA) is 55.6 Å². The number of amides is 1. The highest BCUT2D eigenvalue weighted by Gasteiger charge is 2.21. The summed E-state index contributed by atoms with van der Waals surface area (Å²) in [5.74, 6) is 0.00217. The number of rotatable bonds is 8. The molecule has 0 saturated heterocycles. The Kier molecular flexibility index (Phi) is 7.26. The molecule has 4 nitrogen and oxygen atoms in total. The van der Waals surface area contributed by atoms with Crippen LogP contribution in [0.4, 0.5) is 0 Å². The van der Waals surface area contributed by atoms with Crippen molar-refractivity contribution in [2.45, 2.75) is 26.9 Å². The Morgan fingerprint density at radius 3 is 2.50 bits per heavy atom. The van der Waals surface area contributed by atoms with E-state index in [4.69, 9.17) is 10.5 Å². The lowest BCUT2D eigenvalue weighted by Crippen LogP contribution is -2.39. The van der Waals surface area contributed by atoms with Gasteiger partial charge in [0.2, 0.25) is 5.91 Å². The molecule has 1 unspecified atom stereocenters. The van der Waals surface area contributed by atoms with Crippen molar-refractivity contribution in [3.05, 3.63) is 35.4 Å². The number of hydrogen-bond donors (Lipinski definition) is 1. The van der Waals surface area contributed by atoms with Gasteiger partial charge in [-0.1, -0.05) is 24.3 Å². The van der Waals surface area contributed by atoms with Gasteiger partial charge in [0.1, 0.15) is 0 Å². The average Bonchev–Trinajstić information content (AvgIpc) is 2.46. The van der Waals surface area contributed by atoms with Gasteiger partial charge in [-0.15, -0.1) is 0 Å². The summed E-state index contributed by atoms with van der Waals surface area (Å²) >= 11 is 0. The molecule has 0 aliphatic rings. The van der Waals surface area contributed by atoms with Gasteiger partial charge in [0.15, 0.2) is 0 Å². The normalized spacial score (nSPS) is 12.2. The molecule has 1 aromatic rings. The zero-order valence-electron chi connectivity index (χ0n) is 12.8. The summed E-state index contributed by atoms with van der Waals surface area (Å²) in [6.07, 6.45) is 0.684. The van der Waals surface area contributed by atoms with Crippen LogP contribution >= 0.6 is 0 Å². The Bertz CT molecular complexity index is 417. The smallest absolute Gasteiger partial charge is 0.227 e. The molecule has 0 aliphatic heterocycles. The maximum absolute atomic E-state index is 12.4. The fraction of sp³-hybridized carbons (Fsp3) is 0.562. The largest absolute Gasteiger partial charge is 0.380 e. The summed E-state index contributed by atoms with van der Waals surface area (Å²) in [4.78, 5) is 14.2. The fourth-order valence-corrected chi connectivity index (χ4v) is 2.36. The first-order valence-electron chi connectivity index (χ1n) is 7.21. The third kappa shape index (κ3) is 4.62. The maximum atomic E-state index is 12.4. The van der Waals surface area contributed by atoms with E-state index in [1.807, 2.05) is 36.9 Å². The van der Waals surface area contributed by atoms with Crippen molar-refractivity contribution in [3.8, 4) is 0 Å². The second kappa shape index (κ2) is 8.72. The predicted molar refractivity (Wildman–Crippen MR) is 81.3 cm³/mol. The first-order chi connectivity index (χ1) is 9.65. The molecule has 0 aromatic heterocycles. The molecule has 112 valence electrons. The van der Waals surface area contributed by atoms with Crippen LogP contribution in [0.5, 0.6) is 0 Å². The monoisotopic (exact) mass is 278 g/mol. The van der Waals surface area contributed by atoms with Gasteiger partial charge in [-0.3, -0.25) is 4.79 Å². The summed E-state index contributed by atoms with van der Waals surface area (Å²) in [5, 5.41) is 0. The minimum Gasteiger partial charge on any atom is -0.380 e. The zero-order valence-corrected chi connectivity index (χ0v) is 12.8. The minimum atomic E-state index is -0.146. The Balaban J connectivity index is 2.77. The average molecular weight is 278 g/mol. The van der Waals surface area contributed by atoms with Crippen molar-refractivity contribution < 1.29 is 9.53 Å². The van der Waals surface area contributed by atoms with Gasteiger partial charge in [-0.2, -0.15) is 0 Å². The van der Waals surface area contributed by atoms with E-state index in [1.54, 1.807) is 7.11 Å². The molecule has 0 heterocycles. The number of methoxy groups -OCH3 is 1. The highest BCUT2D eigenvalue weighted by molar-refractivity contribution is 5.79. The summed E-state index contributed by atoms with van der Waals surface area (Å²) in [7, 11) is 1.68. The molecule has 0 aliphatic carbocycles. The third-order valence-electron chi connectivity index (χ3n) is 3.49. The first kappa shape index (κ1) is 16.7. The van der Waals surface area contributed by atoms with Crippen molar-refractivity contribution in [2.75, 3.05) is 26.7 Å². The van der Waals surface area contributed by atoms with E-state index in [1.165, 1.54) is 0 Å². The molecule has 0 bridgehead atoms. The van der Waals surface area contributed by atoms with Crippen LogP contribution < -0.4 is 5.73 Å².